The molecular formula is C19H31N3O2S. The molecule has 1 amide bonds. The predicted molar refractivity (Wildman–Crippen MR) is 102 cm³/mol. The van der Waals surface area contributed by atoms with Crippen molar-refractivity contribution in [3.63, 3.8) is 0 Å². The fraction of sp³-hybridized carbons (Fsp3) is 0.737. The van der Waals surface area contributed by atoms with E-state index in [0.29, 0.717) is 18.4 Å². The Morgan fingerprint density at radius 2 is 2.08 bits per heavy atom. The Morgan fingerprint density at radius 1 is 1.28 bits per heavy atom. The number of piperazine rings is 1. The fourth-order valence-electron chi connectivity index (χ4n) is 4.20. The highest BCUT2D eigenvalue weighted by Gasteiger charge is 2.35. The molecule has 0 aromatic carbocycles. The van der Waals surface area contributed by atoms with Crippen LogP contribution in [-0.2, 0) is 11.2 Å². The quantitative estimate of drug-likeness (QED) is 0.831. The average molecular weight is 366 g/mol. The maximum atomic E-state index is 12.7. The van der Waals surface area contributed by atoms with Crippen molar-refractivity contribution in [2.24, 2.45) is 5.92 Å². The molecule has 140 valence electrons. The number of rotatable bonds is 6. The molecule has 2 saturated heterocycles. The number of piperidine rings is 1. The molecule has 3 rings (SSSR count). The topological polar surface area (TPSA) is 47.0 Å². The highest BCUT2D eigenvalue weighted by molar-refractivity contribution is 7.07. The summed E-state index contributed by atoms with van der Waals surface area (Å²) < 4.78 is 0. The maximum absolute atomic E-state index is 12.7. The van der Waals surface area contributed by atoms with Crippen molar-refractivity contribution in [3.8, 4) is 0 Å². The molecule has 0 aliphatic carbocycles. The second-order valence-corrected chi connectivity index (χ2v) is 8.25. The Kier molecular flexibility index (Phi) is 6.87. The molecule has 3 heterocycles. The number of likely N-dealkylation sites (N-methyl/N-ethyl adjacent to an activating group) is 1. The van der Waals surface area contributed by atoms with E-state index in [2.05, 4.69) is 27.1 Å². The Morgan fingerprint density at radius 3 is 2.76 bits per heavy atom. The smallest absolute Gasteiger partial charge is 0.227 e. The lowest BCUT2D eigenvalue weighted by atomic mass is 9.86. The van der Waals surface area contributed by atoms with Crippen LogP contribution in [0.3, 0.4) is 0 Å². The molecule has 1 N–H and O–H groups in total. The Balaban J connectivity index is 1.60. The van der Waals surface area contributed by atoms with Crippen LogP contribution in [0.25, 0.3) is 0 Å². The zero-order chi connectivity index (χ0) is 17.6. The van der Waals surface area contributed by atoms with Crippen LogP contribution < -0.4 is 0 Å². The minimum Gasteiger partial charge on any atom is -0.396 e. The zero-order valence-electron chi connectivity index (χ0n) is 15.3. The van der Waals surface area contributed by atoms with E-state index in [-0.39, 0.29) is 12.5 Å². The summed E-state index contributed by atoms with van der Waals surface area (Å²) in [7, 11) is 2.19. The van der Waals surface area contributed by atoms with Gasteiger partial charge in [-0.05, 0) is 54.6 Å². The van der Waals surface area contributed by atoms with Gasteiger partial charge in [0.2, 0.25) is 5.91 Å². The van der Waals surface area contributed by atoms with Gasteiger partial charge in [-0.25, -0.2) is 0 Å². The Labute approximate surface area is 155 Å². The lowest BCUT2D eigenvalue weighted by Crippen LogP contribution is -2.57. The van der Waals surface area contributed by atoms with Crippen molar-refractivity contribution in [2.45, 2.75) is 31.7 Å². The molecular weight excluding hydrogens is 334 g/mol. The largest absolute Gasteiger partial charge is 0.396 e. The first-order chi connectivity index (χ1) is 12.2. The SMILES string of the molecule is CN1CCN([C@@H]2CCN(C(=O)Cc3ccsc3)C[C@@H]2CCCO)CC1. The van der Waals surface area contributed by atoms with Crippen LogP contribution in [0, 0.1) is 5.92 Å². The van der Waals surface area contributed by atoms with E-state index in [0.717, 1.165) is 64.1 Å². The van der Waals surface area contributed by atoms with Crippen molar-refractivity contribution in [3.05, 3.63) is 22.4 Å². The molecule has 0 unspecified atom stereocenters. The van der Waals surface area contributed by atoms with Gasteiger partial charge in [-0.3, -0.25) is 9.69 Å². The number of carbonyl (C=O) groups excluding carboxylic acids is 1. The van der Waals surface area contributed by atoms with Crippen molar-refractivity contribution in [1.82, 2.24) is 14.7 Å². The molecule has 0 bridgehead atoms. The lowest BCUT2D eigenvalue weighted by Gasteiger charge is -2.46. The van der Waals surface area contributed by atoms with Gasteiger partial charge in [-0.2, -0.15) is 11.3 Å². The van der Waals surface area contributed by atoms with Gasteiger partial charge in [0.1, 0.15) is 0 Å². The predicted octanol–water partition coefficient (Wildman–Crippen LogP) is 1.53. The second-order valence-electron chi connectivity index (χ2n) is 7.47. The summed E-state index contributed by atoms with van der Waals surface area (Å²) in [6, 6.07) is 2.61. The number of amides is 1. The van der Waals surface area contributed by atoms with Crippen LogP contribution in [0.4, 0.5) is 0 Å². The maximum Gasteiger partial charge on any atom is 0.227 e. The number of aliphatic hydroxyl groups excluding tert-OH is 1. The Bertz CT molecular complexity index is 529. The summed E-state index contributed by atoms with van der Waals surface area (Å²) in [6.07, 6.45) is 3.43. The highest BCUT2D eigenvalue weighted by atomic mass is 32.1. The minimum absolute atomic E-state index is 0.245. The van der Waals surface area contributed by atoms with E-state index in [4.69, 9.17) is 0 Å². The number of hydrogen-bond acceptors (Lipinski definition) is 5. The van der Waals surface area contributed by atoms with Crippen LogP contribution in [0.5, 0.6) is 0 Å². The summed E-state index contributed by atoms with van der Waals surface area (Å²) >= 11 is 1.65. The van der Waals surface area contributed by atoms with Gasteiger partial charge in [0.05, 0.1) is 6.42 Å². The van der Waals surface area contributed by atoms with Gasteiger partial charge in [-0.1, -0.05) is 0 Å². The number of thiophene rings is 1. The summed E-state index contributed by atoms with van der Waals surface area (Å²) in [5.41, 5.74) is 1.13. The first-order valence-electron chi connectivity index (χ1n) is 9.49. The number of nitrogens with zero attached hydrogens (tertiary/aromatic N) is 3. The van der Waals surface area contributed by atoms with Gasteiger partial charge in [-0.15, -0.1) is 0 Å². The van der Waals surface area contributed by atoms with Gasteiger partial charge in [0.25, 0.3) is 0 Å². The van der Waals surface area contributed by atoms with Gasteiger partial charge < -0.3 is 14.9 Å². The molecule has 2 fully saturated rings. The molecule has 2 aliphatic heterocycles. The van der Waals surface area contributed by atoms with Crippen LogP contribution in [0.2, 0.25) is 0 Å². The van der Waals surface area contributed by atoms with E-state index in [9.17, 15) is 9.90 Å². The van der Waals surface area contributed by atoms with E-state index < -0.39 is 0 Å². The average Bonchev–Trinajstić information content (AvgIpc) is 3.13. The molecule has 2 aliphatic rings. The molecule has 6 heteroatoms. The van der Waals surface area contributed by atoms with Crippen molar-refractivity contribution >= 4 is 17.2 Å². The number of carbonyl (C=O) groups is 1. The normalized spacial score (nSPS) is 26.1. The van der Waals surface area contributed by atoms with Crippen LogP contribution >= 0.6 is 11.3 Å². The zero-order valence-corrected chi connectivity index (χ0v) is 16.1. The standard InChI is InChI=1S/C19H31N3O2S/c1-20-7-9-21(10-8-20)18-4-6-22(14-17(18)3-2-11-23)19(24)13-16-5-12-25-15-16/h5,12,15,17-18,23H,2-4,6-11,13-14H2,1H3/t17-,18+/m0/s1. The second kappa shape index (κ2) is 9.12. The van der Waals surface area contributed by atoms with Gasteiger partial charge in [0, 0.05) is 51.9 Å². The third-order valence-electron chi connectivity index (χ3n) is 5.72. The van der Waals surface area contributed by atoms with Gasteiger partial charge in [0.15, 0.2) is 0 Å². The minimum atomic E-state index is 0.245. The number of likely N-dealkylation sites (tertiary alicyclic amines) is 1. The van der Waals surface area contributed by atoms with Crippen LogP contribution in [0.1, 0.15) is 24.8 Å². The molecule has 1 aromatic rings. The molecule has 2 atom stereocenters. The third kappa shape index (κ3) is 5.03. The monoisotopic (exact) mass is 365 g/mol. The van der Waals surface area contributed by atoms with E-state index in [1.165, 1.54) is 0 Å². The fourth-order valence-corrected chi connectivity index (χ4v) is 4.87. The van der Waals surface area contributed by atoms with Crippen molar-refractivity contribution < 1.29 is 9.90 Å². The van der Waals surface area contributed by atoms with E-state index in [1.54, 1.807) is 11.3 Å². The van der Waals surface area contributed by atoms with Crippen LogP contribution in [0.15, 0.2) is 16.8 Å². The Hall–Kier alpha value is -0.950. The molecule has 0 spiro atoms. The summed E-state index contributed by atoms with van der Waals surface area (Å²) in [5, 5.41) is 13.4. The molecule has 25 heavy (non-hydrogen) atoms. The summed E-state index contributed by atoms with van der Waals surface area (Å²) in [6.45, 7) is 6.47. The van der Waals surface area contributed by atoms with Gasteiger partial charge >= 0.3 is 0 Å². The van der Waals surface area contributed by atoms with E-state index in [1.807, 2.05) is 11.4 Å². The first-order valence-corrected chi connectivity index (χ1v) is 10.4. The summed E-state index contributed by atoms with van der Waals surface area (Å²) in [4.78, 5) is 19.7. The van der Waals surface area contributed by atoms with E-state index >= 15 is 0 Å². The molecule has 0 saturated carbocycles. The van der Waals surface area contributed by atoms with Crippen molar-refractivity contribution in [2.75, 3.05) is 52.9 Å². The molecule has 5 nitrogen and oxygen atoms in total. The highest BCUT2D eigenvalue weighted by Crippen LogP contribution is 2.27. The first kappa shape index (κ1) is 18.8. The van der Waals surface area contributed by atoms with Crippen molar-refractivity contribution in [1.29, 1.82) is 0 Å². The third-order valence-corrected chi connectivity index (χ3v) is 6.45. The molecule has 1 aromatic heterocycles. The molecule has 0 radical (unpaired) electrons. The lowest BCUT2D eigenvalue weighted by molar-refractivity contribution is -0.133. The van der Waals surface area contributed by atoms with Crippen LogP contribution in [-0.4, -0.2) is 84.7 Å². The summed E-state index contributed by atoms with van der Waals surface area (Å²) in [5.74, 6) is 0.736. The number of hydrogen-bond donors (Lipinski definition) is 1. The number of aliphatic hydroxyl groups is 1.